The number of fused-ring (bicyclic) bond motifs is 1. The highest BCUT2D eigenvalue weighted by Gasteiger charge is 2.28. The highest BCUT2D eigenvalue weighted by Crippen LogP contribution is 2.31. The Hall–Kier alpha value is -2.91. The molecule has 0 saturated heterocycles. The molecule has 9 heteroatoms. The molecule has 8 nitrogen and oxygen atoms in total. The number of nitrogens with zero attached hydrogens (tertiary/aromatic N) is 2. The van der Waals surface area contributed by atoms with Crippen LogP contribution in [-0.4, -0.2) is 50.8 Å². The number of aryl methyl sites for hydroxylation is 1. The van der Waals surface area contributed by atoms with Crippen molar-refractivity contribution in [1.82, 2.24) is 4.31 Å². The summed E-state index contributed by atoms with van der Waals surface area (Å²) >= 11 is 0. The lowest BCUT2D eigenvalue weighted by molar-refractivity contribution is -0.123. The van der Waals surface area contributed by atoms with Crippen molar-refractivity contribution in [1.29, 1.82) is 0 Å². The zero-order chi connectivity index (χ0) is 22.8. The van der Waals surface area contributed by atoms with Crippen LogP contribution in [0.15, 0.2) is 41.3 Å². The third-order valence-corrected chi connectivity index (χ3v) is 7.40. The van der Waals surface area contributed by atoms with Crippen LogP contribution in [0.3, 0.4) is 0 Å². The molecule has 1 N–H and O–H groups in total. The highest BCUT2D eigenvalue weighted by atomic mass is 32.2. The lowest BCUT2D eigenvalue weighted by atomic mass is 10.1. The van der Waals surface area contributed by atoms with Gasteiger partial charge in [0.15, 0.2) is 6.61 Å². The van der Waals surface area contributed by atoms with Crippen molar-refractivity contribution in [3.8, 4) is 5.75 Å². The Balaban J connectivity index is 1.87. The van der Waals surface area contributed by atoms with E-state index in [-0.39, 0.29) is 24.0 Å². The maximum atomic E-state index is 12.9. The molecule has 166 valence electrons. The summed E-state index contributed by atoms with van der Waals surface area (Å²) < 4.78 is 32.6. The summed E-state index contributed by atoms with van der Waals surface area (Å²) in [5.41, 5.74) is 2.45. The number of ether oxygens (including phenoxy) is 1. The van der Waals surface area contributed by atoms with Gasteiger partial charge >= 0.3 is 0 Å². The van der Waals surface area contributed by atoms with E-state index in [1.165, 1.54) is 15.3 Å². The molecule has 2 aromatic carbocycles. The molecule has 3 rings (SSSR count). The second-order valence-electron chi connectivity index (χ2n) is 7.29. The first-order valence-corrected chi connectivity index (χ1v) is 11.6. The van der Waals surface area contributed by atoms with Crippen molar-refractivity contribution >= 4 is 33.2 Å². The Morgan fingerprint density at radius 2 is 1.84 bits per heavy atom. The minimum atomic E-state index is -3.67. The number of para-hydroxylation sites is 2. The van der Waals surface area contributed by atoms with Crippen LogP contribution in [0.2, 0.25) is 0 Å². The fourth-order valence-electron chi connectivity index (χ4n) is 3.48. The van der Waals surface area contributed by atoms with Gasteiger partial charge in [0.2, 0.25) is 15.9 Å². The molecule has 0 atom stereocenters. The minimum Gasteiger partial charge on any atom is -0.482 e. The van der Waals surface area contributed by atoms with Gasteiger partial charge in [0.25, 0.3) is 5.91 Å². The summed E-state index contributed by atoms with van der Waals surface area (Å²) in [7, 11) is -3.67. The maximum absolute atomic E-state index is 12.9. The van der Waals surface area contributed by atoms with E-state index in [1.54, 1.807) is 51.1 Å². The molecular formula is C22H27N3O5S. The van der Waals surface area contributed by atoms with Crippen molar-refractivity contribution in [3.05, 3.63) is 47.5 Å². The number of carbonyl (C=O) groups excluding carboxylic acids is 2. The largest absolute Gasteiger partial charge is 0.482 e. The van der Waals surface area contributed by atoms with Crippen molar-refractivity contribution < 1.29 is 22.7 Å². The number of nitrogens with one attached hydrogen (secondary N) is 1. The minimum absolute atomic E-state index is 0.127. The quantitative estimate of drug-likeness (QED) is 0.707. The SMILES string of the molecule is CCN(CC)S(=O)(=O)c1cc(C)c(C)c(NC(=O)CN2C(=O)COc3ccccc32)c1. The van der Waals surface area contributed by atoms with Gasteiger partial charge in [-0.05, 0) is 49.2 Å². The number of sulfonamides is 1. The van der Waals surface area contributed by atoms with Gasteiger partial charge in [0, 0.05) is 18.8 Å². The van der Waals surface area contributed by atoms with Gasteiger partial charge in [-0.2, -0.15) is 4.31 Å². The third-order valence-electron chi connectivity index (χ3n) is 5.37. The van der Waals surface area contributed by atoms with Crippen LogP contribution in [0.5, 0.6) is 5.75 Å². The lowest BCUT2D eigenvalue weighted by Gasteiger charge is -2.28. The molecule has 1 aliphatic heterocycles. The van der Waals surface area contributed by atoms with Gasteiger partial charge in [0.05, 0.1) is 10.6 Å². The number of rotatable bonds is 7. The fraction of sp³-hybridized carbons (Fsp3) is 0.364. The second kappa shape index (κ2) is 9.07. The molecule has 1 heterocycles. The van der Waals surface area contributed by atoms with E-state index in [1.807, 2.05) is 6.92 Å². The molecule has 0 aromatic heterocycles. The highest BCUT2D eigenvalue weighted by molar-refractivity contribution is 7.89. The standard InChI is InChI=1S/C22H27N3O5S/c1-5-24(6-2)31(28,29)17-11-15(3)16(4)18(12-17)23-21(26)13-25-19-9-7-8-10-20(19)30-14-22(25)27/h7-12H,5-6,13-14H2,1-4H3,(H,23,26). The van der Waals surface area contributed by atoms with Crippen LogP contribution >= 0.6 is 0 Å². The van der Waals surface area contributed by atoms with Gasteiger partial charge in [0.1, 0.15) is 12.3 Å². The predicted molar refractivity (Wildman–Crippen MR) is 119 cm³/mol. The van der Waals surface area contributed by atoms with E-state index in [2.05, 4.69) is 5.32 Å². The van der Waals surface area contributed by atoms with Gasteiger partial charge < -0.3 is 10.1 Å². The van der Waals surface area contributed by atoms with E-state index >= 15 is 0 Å². The first kappa shape index (κ1) is 22.8. The molecule has 31 heavy (non-hydrogen) atoms. The van der Waals surface area contributed by atoms with E-state index in [9.17, 15) is 18.0 Å². The molecule has 0 spiro atoms. The second-order valence-corrected chi connectivity index (χ2v) is 9.22. The van der Waals surface area contributed by atoms with Crippen LogP contribution < -0.4 is 15.0 Å². The van der Waals surface area contributed by atoms with E-state index in [4.69, 9.17) is 4.74 Å². The van der Waals surface area contributed by atoms with Gasteiger partial charge in [-0.15, -0.1) is 0 Å². The molecule has 0 saturated carbocycles. The zero-order valence-electron chi connectivity index (χ0n) is 18.1. The summed E-state index contributed by atoms with van der Waals surface area (Å²) in [5, 5.41) is 2.78. The Morgan fingerprint density at radius 3 is 2.52 bits per heavy atom. The third kappa shape index (κ3) is 4.57. The van der Waals surface area contributed by atoms with Gasteiger partial charge in [-0.3, -0.25) is 14.5 Å². The zero-order valence-corrected chi connectivity index (χ0v) is 19.0. The monoisotopic (exact) mass is 445 g/mol. The average Bonchev–Trinajstić information content (AvgIpc) is 2.74. The van der Waals surface area contributed by atoms with Gasteiger partial charge in [-0.25, -0.2) is 8.42 Å². The number of hydrogen-bond donors (Lipinski definition) is 1. The first-order chi connectivity index (χ1) is 14.7. The number of carbonyl (C=O) groups is 2. The summed E-state index contributed by atoms with van der Waals surface area (Å²) in [4.78, 5) is 26.6. The molecule has 2 aromatic rings. The Kier molecular flexibility index (Phi) is 6.66. The molecule has 2 amide bonds. The topological polar surface area (TPSA) is 96.0 Å². The van der Waals surface area contributed by atoms with Crippen LogP contribution in [0.25, 0.3) is 0 Å². The van der Waals surface area contributed by atoms with Crippen molar-refractivity contribution in [2.24, 2.45) is 0 Å². The first-order valence-electron chi connectivity index (χ1n) is 10.1. The summed E-state index contributed by atoms with van der Waals surface area (Å²) in [6.45, 7) is 7.54. The molecule has 0 radical (unpaired) electrons. The summed E-state index contributed by atoms with van der Waals surface area (Å²) in [5.74, 6) is -0.209. The van der Waals surface area contributed by atoms with Crippen molar-refractivity contribution in [2.45, 2.75) is 32.6 Å². The Labute approximate surface area is 182 Å². The van der Waals surface area contributed by atoms with E-state index in [0.29, 0.717) is 30.2 Å². The summed E-state index contributed by atoms with van der Waals surface area (Å²) in [6, 6.07) is 10.1. The average molecular weight is 446 g/mol. The van der Waals surface area contributed by atoms with Crippen LogP contribution in [0.1, 0.15) is 25.0 Å². The lowest BCUT2D eigenvalue weighted by Crippen LogP contribution is -2.43. The molecular weight excluding hydrogens is 418 g/mol. The Bertz CT molecular complexity index is 1110. The Morgan fingerprint density at radius 1 is 1.16 bits per heavy atom. The van der Waals surface area contributed by atoms with Gasteiger partial charge in [-0.1, -0.05) is 26.0 Å². The summed E-state index contributed by atoms with van der Waals surface area (Å²) in [6.07, 6.45) is 0. The van der Waals surface area contributed by atoms with Crippen LogP contribution in [-0.2, 0) is 19.6 Å². The molecule has 1 aliphatic rings. The van der Waals surface area contributed by atoms with Crippen LogP contribution in [0.4, 0.5) is 11.4 Å². The molecule has 0 fully saturated rings. The van der Waals surface area contributed by atoms with E-state index in [0.717, 1.165) is 11.1 Å². The molecule has 0 unspecified atom stereocenters. The van der Waals surface area contributed by atoms with Crippen molar-refractivity contribution in [2.75, 3.05) is 36.5 Å². The predicted octanol–water partition coefficient (Wildman–Crippen LogP) is 2.70. The number of hydrogen-bond acceptors (Lipinski definition) is 5. The van der Waals surface area contributed by atoms with E-state index < -0.39 is 15.9 Å². The maximum Gasteiger partial charge on any atom is 0.265 e. The normalized spacial score (nSPS) is 13.7. The number of benzene rings is 2. The fourth-order valence-corrected chi connectivity index (χ4v) is 5.05. The van der Waals surface area contributed by atoms with Crippen LogP contribution in [0, 0.1) is 13.8 Å². The number of amides is 2. The molecule has 0 bridgehead atoms. The van der Waals surface area contributed by atoms with Crippen molar-refractivity contribution in [3.63, 3.8) is 0 Å². The molecule has 0 aliphatic carbocycles. The number of anilines is 2. The smallest absolute Gasteiger partial charge is 0.265 e.